The quantitative estimate of drug-likeness (QED) is 0.642. The van der Waals surface area contributed by atoms with E-state index in [4.69, 9.17) is 10.8 Å². The fourth-order valence-electron chi connectivity index (χ4n) is 1.62. The number of phenolic OH excluding ortho intramolecular Hbond substituents is 2. The summed E-state index contributed by atoms with van der Waals surface area (Å²) in [6.45, 7) is 0. The van der Waals surface area contributed by atoms with Gasteiger partial charge in [0.1, 0.15) is 0 Å². The standard InChI is InChI=1S/C11H15NO2/c12-9(5-7-1-2-7)8-3-4-10(13)11(14)6-8/h3-4,6-7,9,13-14H,1-2,5,12H2. The van der Waals surface area contributed by atoms with Crippen molar-refractivity contribution in [3.8, 4) is 11.5 Å². The number of rotatable bonds is 3. The van der Waals surface area contributed by atoms with Crippen molar-refractivity contribution >= 4 is 0 Å². The smallest absolute Gasteiger partial charge is 0.157 e. The lowest BCUT2D eigenvalue weighted by Gasteiger charge is -2.11. The van der Waals surface area contributed by atoms with Crippen LogP contribution in [0.3, 0.4) is 0 Å². The van der Waals surface area contributed by atoms with Crippen molar-refractivity contribution in [2.75, 3.05) is 0 Å². The Kier molecular flexibility index (Phi) is 2.33. The SMILES string of the molecule is NC(CC1CC1)c1ccc(O)c(O)c1. The Morgan fingerprint density at radius 2 is 2.00 bits per heavy atom. The van der Waals surface area contributed by atoms with Gasteiger partial charge in [0.15, 0.2) is 11.5 Å². The first-order valence-corrected chi connectivity index (χ1v) is 4.94. The van der Waals surface area contributed by atoms with Crippen molar-refractivity contribution in [1.29, 1.82) is 0 Å². The van der Waals surface area contributed by atoms with Crippen molar-refractivity contribution in [2.24, 2.45) is 11.7 Å². The summed E-state index contributed by atoms with van der Waals surface area (Å²) in [5, 5.41) is 18.4. The highest BCUT2D eigenvalue weighted by molar-refractivity contribution is 5.41. The van der Waals surface area contributed by atoms with Crippen LogP contribution in [0.2, 0.25) is 0 Å². The zero-order chi connectivity index (χ0) is 10.1. The van der Waals surface area contributed by atoms with Gasteiger partial charge >= 0.3 is 0 Å². The molecule has 1 aliphatic rings. The fraction of sp³-hybridized carbons (Fsp3) is 0.455. The molecule has 1 aromatic rings. The van der Waals surface area contributed by atoms with Gasteiger partial charge in [-0.15, -0.1) is 0 Å². The first-order chi connectivity index (χ1) is 6.66. The molecule has 0 aromatic heterocycles. The summed E-state index contributed by atoms with van der Waals surface area (Å²) in [6, 6.07) is 4.77. The van der Waals surface area contributed by atoms with E-state index in [-0.39, 0.29) is 17.5 Å². The third kappa shape index (κ3) is 1.99. The zero-order valence-electron chi connectivity index (χ0n) is 7.98. The number of benzene rings is 1. The summed E-state index contributed by atoms with van der Waals surface area (Å²) in [5.41, 5.74) is 6.86. The normalized spacial score (nSPS) is 18.1. The van der Waals surface area contributed by atoms with Gasteiger partial charge in [0.05, 0.1) is 0 Å². The number of nitrogens with two attached hydrogens (primary N) is 1. The molecular formula is C11H15NO2. The molecule has 1 aliphatic carbocycles. The maximum absolute atomic E-state index is 9.29. The molecule has 0 bridgehead atoms. The summed E-state index contributed by atoms with van der Waals surface area (Å²) < 4.78 is 0. The summed E-state index contributed by atoms with van der Waals surface area (Å²) in [7, 11) is 0. The van der Waals surface area contributed by atoms with E-state index in [1.54, 1.807) is 12.1 Å². The molecule has 3 nitrogen and oxygen atoms in total. The van der Waals surface area contributed by atoms with Gasteiger partial charge in [-0.25, -0.2) is 0 Å². The van der Waals surface area contributed by atoms with Crippen LogP contribution in [0.25, 0.3) is 0 Å². The second kappa shape index (κ2) is 3.50. The van der Waals surface area contributed by atoms with E-state index in [1.165, 1.54) is 18.9 Å². The van der Waals surface area contributed by atoms with Crippen LogP contribution in [-0.2, 0) is 0 Å². The highest BCUT2D eigenvalue weighted by Gasteiger charge is 2.24. The molecule has 1 atom stereocenters. The Labute approximate surface area is 83.2 Å². The largest absolute Gasteiger partial charge is 0.504 e. The van der Waals surface area contributed by atoms with Crippen LogP contribution in [-0.4, -0.2) is 10.2 Å². The average Bonchev–Trinajstić information content (AvgIpc) is 2.93. The van der Waals surface area contributed by atoms with Crippen LogP contribution >= 0.6 is 0 Å². The second-order valence-corrected chi connectivity index (χ2v) is 4.03. The van der Waals surface area contributed by atoms with E-state index < -0.39 is 0 Å². The van der Waals surface area contributed by atoms with Crippen LogP contribution < -0.4 is 5.73 Å². The van der Waals surface area contributed by atoms with Gasteiger partial charge < -0.3 is 15.9 Å². The number of hydrogen-bond acceptors (Lipinski definition) is 3. The Bertz CT molecular complexity index is 334. The molecule has 0 heterocycles. The predicted molar refractivity (Wildman–Crippen MR) is 54.0 cm³/mol. The van der Waals surface area contributed by atoms with Gasteiger partial charge in [0, 0.05) is 6.04 Å². The topological polar surface area (TPSA) is 66.5 Å². The number of aromatic hydroxyl groups is 2. The van der Waals surface area contributed by atoms with Crippen LogP contribution in [0.15, 0.2) is 18.2 Å². The van der Waals surface area contributed by atoms with Gasteiger partial charge in [0.2, 0.25) is 0 Å². The minimum absolute atomic E-state index is 0.0194. The lowest BCUT2D eigenvalue weighted by molar-refractivity contribution is 0.402. The molecule has 0 aliphatic heterocycles. The van der Waals surface area contributed by atoms with E-state index >= 15 is 0 Å². The third-order valence-corrected chi connectivity index (χ3v) is 2.71. The molecule has 4 N–H and O–H groups in total. The Hall–Kier alpha value is -1.22. The van der Waals surface area contributed by atoms with E-state index in [0.717, 1.165) is 17.9 Å². The maximum Gasteiger partial charge on any atom is 0.157 e. The van der Waals surface area contributed by atoms with Gasteiger partial charge in [-0.05, 0) is 30.0 Å². The van der Waals surface area contributed by atoms with Crippen LogP contribution in [0, 0.1) is 5.92 Å². The first kappa shape index (κ1) is 9.34. The zero-order valence-corrected chi connectivity index (χ0v) is 7.98. The highest BCUT2D eigenvalue weighted by Crippen LogP contribution is 2.37. The molecule has 1 saturated carbocycles. The minimum atomic E-state index is -0.0904. The molecule has 0 amide bonds. The molecule has 14 heavy (non-hydrogen) atoms. The Balaban J connectivity index is 2.10. The first-order valence-electron chi connectivity index (χ1n) is 4.94. The van der Waals surface area contributed by atoms with E-state index in [0.29, 0.717) is 0 Å². The van der Waals surface area contributed by atoms with Crippen LogP contribution in [0.5, 0.6) is 11.5 Å². The summed E-state index contributed by atoms with van der Waals surface area (Å²) in [5.74, 6) is 0.585. The maximum atomic E-state index is 9.29. The minimum Gasteiger partial charge on any atom is -0.504 e. The summed E-state index contributed by atoms with van der Waals surface area (Å²) in [6.07, 6.45) is 3.53. The lowest BCUT2D eigenvalue weighted by Crippen LogP contribution is -2.10. The Morgan fingerprint density at radius 3 is 2.57 bits per heavy atom. The molecule has 0 radical (unpaired) electrons. The molecule has 76 valence electrons. The molecule has 1 unspecified atom stereocenters. The van der Waals surface area contributed by atoms with E-state index in [1.807, 2.05) is 0 Å². The van der Waals surface area contributed by atoms with E-state index in [2.05, 4.69) is 0 Å². The van der Waals surface area contributed by atoms with Crippen LogP contribution in [0.1, 0.15) is 30.9 Å². The Morgan fingerprint density at radius 1 is 1.29 bits per heavy atom. The molecule has 1 fully saturated rings. The number of phenols is 2. The van der Waals surface area contributed by atoms with Gasteiger partial charge in [-0.1, -0.05) is 18.9 Å². The summed E-state index contributed by atoms with van der Waals surface area (Å²) >= 11 is 0. The second-order valence-electron chi connectivity index (χ2n) is 4.03. The van der Waals surface area contributed by atoms with Crippen molar-refractivity contribution in [3.05, 3.63) is 23.8 Å². The van der Waals surface area contributed by atoms with E-state index in [9.17, 15) is 5.11 Å². The molecule has 0 saturated heterocycles. The average molecular weight is 193 g/mol. The number of hydrogen-bond donors (Lipinski definition) is 3. The van der Waals surface area contributed by atoms with Gasteiger partial charge in [-0.3, -0.25) is 0 Å². The molecule has 0 spiro atoms. The molecule has 3 heteroatoms. The predicted octanol–water partition coefficient (Wildman–Crippen LogP) is 1.90. The molecular weight excluding hydrogens is 178 g/mol. The van der Waals surface area contributed by atoms with Gasteiger partial charge in [0.25, 0.3) is 0 Å². The van der Waals surface area contributed by atoms with Crippen LogP contribution in [0.4, 0.5) is 0 Å². The third-order valence-electron chi connectivity index (χ3n) is 2.71. The summed E-state index contributed by atoms with van der Waals surface area (Å²) in [4.78, 5) is 0. The van der Waals surface area contributed by atoms with Crippen molar-refractivity contribution < 1.29 is 10.2 Å². The lowest BCUT2D eigenvalue weighted by atomic mass is 10.0. The van der Waals surface area contributed by atoms with Crippen molar-refractivity contribution in [2.45, 2.75) is 25.3 Å². The molecule has 1 aromatic carbocycles. The van der Waals surface area contributed by atoms with Crippen molar-refractivity contribution in [1.82, 2.24) is 0 Å². The fourth-order valence-corrected chi connectivity index (χ4v) is 1.62. The monoisotopic (exact) mass is 193 g/mol. The molecule has 2 rings (SSSR count). The van der Waals surface area contributed by atoms with Gasteiger partial charge in [-0.2, -0.15) is 0 Å². The van der Waals surface area contributed by atoms with Crippen molar-refractivity contribution in [3.63, 3.8) is 0 Å². The highest BCUT2D eigenvalue weighted by atomic mass is 16.3.